The summed E-state index contributed by atoms with van der Waals surface area (Å²) in [4.78, 5) is 18.7. The van der Waals surface area contributed by atoms with E-state index in [1.807, 2.05) is 13.0 Å². The minimum absolute atomic E-state index is 0.0809. The normalized spacial score (nSPS) is 21.7. The molecule has 0 saturated carbocycles. The highest BCUT2D eigenvalue weighted by molar-refractivity contribution is 7.86. The summed E-state index contributed by atoms with van der Waals surface area (Å²) in [7, 11) is -3.79. The van der Waals surface area contributed by atoms with Crippen LogP contribution in [-0.2, 0) is 36.8 Å². The van der Waals surface area contributed by atoms with Gasteiger partial charge in [0.1, 0.15) is 0 Å². The van der Waals surface area contributed by atoms with Gasteiger partial charge in [-0.25, -0.2) is 0 Å². The van der Waals surface area contributed by atoms with Gasteiger partial charge in [-0.3, -0.25) is 13.9 Å². The Morgan fingerprint density at radius 2 is 1.94 bits per heavy atom. The number of aryl methyl sites for hydroxylation is 1. The molecule has 1 aromatic carbocycles. The molecule has 4 heterocycles. The number of ether oxygens (including phenoxy) is 1. The summed E-state index contributed by atoms with van der Waals surface area (Å²) in [5.74, 6) is -0.228. The lowest BCUT2D eigenvalue weighted by atomic mass is 9.97. The van der Waals surface area contributed by atoms with Crippen molar-refractivity contribution in [3.8, 4) is 0 Å². The van der Waals surface area contributed by atoms with Gasteiger partial charge >= 0.3 is 0 Å². The lowest BCUT2D eigenvalue weighted by molar-refractivity contribution is -0.110. The molecule has 31 heavy (non-hydrogen) atoms. The number of nitrogens with one attached hydrogen (secondary N) is 2. The maximum Gasteiger partial charge on any atom is 0.297 e. The van der Waals surface area contributed by atoms with E-state index in [0.717, 1.165) is 49.8 Å². The number of rotatable bonds is 3. The Hall–Kier alpha value is -2.46. The molecule has 1 aromatic heterocycles. The number of carbonyl (C=O) groups excluding carboxylic acids is 1. The zero-order valence-electron chi connectivity index (χ0n) is 17.6. The predicted octanol–water partition coefficient (Wildman–Crippen LogP) is 2.22. The number of fused-ring (bicyclic) bond motifs is 3. The number of hydrogen-bond acceptors (Lipinski definition) is 6. The molecule has 0 bridgehead atoms. The number of amides is 1. The molecule has 164 valence electrons. The number of morpholine rings is 1. The molecule has 3 aliphatic heterocycles. The van der Waals surface area contributed by atoms with Gasteiger partial charge in [-0.15, -0.1) is 0 Å². The summed E-state index contributed by atoms with van der Waals surface area (Å²) < 4.78 is 35.1. The zero-order valence-corrected chi connectivity index (χ0v) is 18.4. The monoisotopic (exact) mass is 443 g/mol. The molecule has 0 atom stereocenters. The molecule has 1 amide bonds. The van der Waals surface area contributed by atoms with Crippen LogP contribution in [0.4, 0.5) is 5.69 Å². The van der Waals surface area contributed by atoms with E-state index in [0.29, 0.717) is 28.8 Å². The van der Waals surface area contributed by atoms with Crippen LogP contribution < -0.4 is 5.32 Å². The Kier molecular flexibility index (Phi) is 5.01. The quantitative estimate of drug-likeness (QED) is 0.557. The molecule has 2 aromatic rings. The van der Waals surface area contributed by atoms with Crippen molar-refractivity contribution in [1.29, 1.82) is 0 Å². The Labute approximate surface area is 181 Å². The van der Waals surface area contributed by atoms with Crippen molar-refractivity contribution in [2.45, 2.75) is 31.7 Å². The summed E-state index contributed by atoms with van der Waals surface area (Å²) >= 11 is 0. The minimum Gasteiger partial charge on any atom is -0.379 e. The van der Waals surface area contributed by atoms with Crippen LogP contribution in [0, 0.1) is 13.8 Å². The number of benzene rings is 1. The fraction of sp³-hybridized carbons (Fsp3) is 0.409. The standard InChI is InChI=1S/C22H25N3O5S/c1-13-17(12-25-6-9-29-10-7-25)14(2)23-19(13)11-16-21-15-5-8-30-31(27,28)20(15)4-3-18(21)24-22(16)26/h3-4,11,23H,5-10,12H2,1-2H3,(H,24,26)/b16-11-. The molecular formula is C22H25N3O5S. The Balaban J connectivity index is 1.56. The lowest BCUT2D eigenvalue weighted by Gasteiger charge is -2.26. The second-order valence-corrected chi connectivity index (χ2v) is 9.74. The number of hydrogen-bond donors (Lipinski definition) is 2. The first kappa shape index (κ1) is 20.4. The Morgan fingerprint density at radius 3 is 2.71 bits per heavy atom. The zero-order chi connectivity index (χ0) is 21.8. The van der Waals surface area contributed by atoms with Gasteiger partial charge in [-0.2, -0.15) is 8.42 Å². The minimum atomic E-state index is -3.79. The first-order valence-corrected chi connectivity index (χ1v) is 11.8. The Bertz CT molecular complexity index is 1210. The van der Waals surface area contributed by atoms with Crippen LogP contribution >= 0.6 is 0 Å². The molecular weight excluding hydrogens is 418 g/mol. The van der Waals surface area contributed by atoms with Gasteiger partial charge in [0.05, 0.1) is 30.3 Å². The predicted molar refractivity (Wildman–Crippen MR) is 116 cm³/mol. The summed E-state index contributed by atoms with van der Waals surface area (Å²) in [6.07, 6.45) is 2.28. The van der Waals surface area contributed by atoms with Gasteiger partial charge in [-0.05, 0) is 55.2 Å². The van der Waals surface area contributed by atoms with E-state index >= 15 is 0 Å². The highest BCUT2D eigenvalue weighted by Gasteiger charge is 2.34. The van der Waals surface area contributed by atoms with Crippen LogP contribution in [-0.4, -0.2) is 57.1 Å². The molecule has 0 aliphatic carbocycles. The fourth-order valence-corrected chi connectivity index (χ4v) is 5.77. The smallest absolute Gasteiger partial charge is 0.297 e. The largest absolute Gasteiger partial charge is 0.379 e. The van der Waals surface area contributed by atoms with Crippen molar-refractivity contribution in [2.24, 2.45) is 0 Å². The molecule has 3 aliphatic rings. The van der Waals surface area contributed by atoms with Crippen molar-refractivity contribution < 1.29 is 22.1 Å². The van der Waals surface area contributed by atoms with Crippen molar-refractivity contribution in [1.82, 2.24) is 9.88 Å². The van der Waals surface area contributed by atoms with E-state index in [1.165, 1.54) is 11.6 Å². The van der Waals surface area contributed by atoms with Crippen molar-refractivity contribution >= 4 is 33.4 Å². The van der Waals surface area contributed by atoms with Crippen molar-refractivity contribution in [3.63, 3.8) is 0 Å². The molecule has 5 rings (SSSR count). The molecule has 8 nitrogen and oxygen atoms in total. The fourth-order valence-electron chi connectivity index (χ4n) is 4.60. The first-order valence-electron chi connectivity index (χ1n) is 10.4. The number of carbonyl (C=O) groups is 1. The van der Waals surface area contributed by atoms with Crippen molar-refractivity contribution in [3.05, 3.63) is 45.8 Å². The van der Waals surface area contributed by atoms with Crippen LogP contribution in [0.5, 0.6) is 0 Å². The van der Waals surface area contributed by atoms with Gasteiger partial charge in [-0.1, -0.05) is 0 Å². The second kappa shape index (κ2) is 7.59. The number of H-pyrrole nitrogens is 1. The maximum absolute atomic E-state index is 12.8. The van der Waals surface area contributed by atoms with E-state index in [-0.39, 0.29) is 17.4 Å². The number of aromatic amines is 1. The third-order valence-corrected chi connectivity index (χ3v) is 7.70. The summed E-state index contributed by atoms with van der Waals surface area (Å²) in [6.45, 7) is 8.30. The van der Waals surface area contributed by atoms with Crippen LogP contribution in [0.15, 0.2) is 17.0 Å². The first-order chi connectivity index (χ1) is 14.8. The molecule has 1 fully saturated rings. The molecule has 1 saturated heterocycles. The van der Waals surface area contributed by atoms with Crippen LogP contribution in [0.25, 0.3) is 11.6 Å². The second-order valence-electron chi connectivity index (χ2n) is 8.16. The van der Waals surface area contributed by atoms with Crippen LogP contribution in [0.3, 0.4) is 0 Å². The molecule has 0 radical (unpaired) electrons. The number of aromatic nitrogens is 1. The molecule has 0 unspecified atom stereocenters. The summed E-state index contributed by atoms with van der Waals surface area (Å²) in [6, 6.07) is 3.15. The third-order valence-electron chi connectivity index (χ3n) is 6.30. The van der Waals surface area contributed by atoms with Gasteiger partial charge in [0.2, 0.25) is 0 Å². The van der Waals surface area contributed by atoms with Gasteiger partial charge in [0.15, 0.2) is 0 Å². The summed E-state index contributed by atoms with van der Waals surface area (Å²) in [5.41, 5.74) is 6.68. The van der Waals surface area contributed by atoms with Gasteiger partial charge in [0.25, 0.3) is 16.0 Å². The van der Waals surface area contributed by atoms with Crippen molar-refractivity contribution in [2.75, 3.05) is 38.2 Å². The van der Waals surface area contributed by atoms with Gasteiger partial charge in [0, 0.05) is 42.3 Å². The van der Waals surface area contributed by atoms with E-state index < -0.39 is 10.1 Å². The molecule has 2 N–H and O–H groups in total. The molecule has 0 spiro atoms. The SMILES string of the molecule is Cc1[nH]c(/C=C2\C(=O)Nc3ccc4c(c32)CCOS4(=O)=O)c(C)c1CN1CCOCC1. The maximum atomic E-state index is 12.8. The summed E-state index contributed by atoms with van der Waals surface area (Å²) in [5, 5.41) is 2.87. The average molecular weight is 444 g/mol. The third kappa shape index (κ3) is 3.51. The topological polar surface area (TPSA) is 101 Å². The highest BCUT2D eigenvalue weighted by Crippen LogP contribution is 2.41. The lowest BCUT2D eigenvalue weighted by Crippen LogP contribution is -2.35. The molecule has 9 heteroatoms. The van der Waals surface area contributed by atoms with E-state index in [4.69, 9.17) is 8.92 Å². The highest BCUT2D eigenvalue weighted by atomic mass is 32.2. The van der Waals surface area contributed by atoms with Crippen LogP contribution in [0.1, 0.15) is 33.6 Å². The van der Waals surface area contributed by atoms with E-state index in [2.05, 4.69) is 22.1 Å². The average Bonchev–Trinajstić information content (AvgIpc) is 3.19. The van der Waals surface area contributed by atoms with Crippen LogP contribution in [0.2, 0.25) is 0 Å². The van der Waals surface area contributed by atoms with E-state index in [1.54, 1.807) is 6.07 Å². The van der Waals surface area contributed by atoms with E-state index in [9.17, 15) is 13.2 Å². The van der Waals surface area contributed by atoms with Gasteiger partial charge < -0.3 is 15.0 Å². The Morgan fingerprint density at radius 1 is 1.16 bits per heavy atom. The number of anilines is 1. The number of nitrogens with zero attached hydrogens (tertiary/aromatic N) is 1.